The smallest absolute Gasteiger partial charge is 0.227 e. The molecule has 0 radical (unpaired) electrons. The number of hydrogen-bond donors (Lipinski definition) is 2. The van der Waals surface area contributed by atoms with E-state index in [0.717, 1.165) is 25.3 Å². The Kier molecular flexibility index (Phi) is 4.62. The Morgan fingerprint density at radius 3 is 2.89 bits per heavy atom. The van der Waals surface area contributed by atoms with Gasteiger partial charge in [0.1, 0.15) is 5.82 Å². The van der Waals surface area contributed by atoms with Gasteiger partial charge in [0.15, 0.2) is 17.4 Å². The number of rotatable bonds is 5. The molecule has 8 heteroatoms. The molecular weight excluding hydrogens is 347 g/mol. The summed E-state index contributed by atoms with van der Waals surface area (Å²) in [5.41, 5.74) is 1.38. The fourth-order valence-corrected chi connectivity index (χ4v) is 3.29. The number of anilines is 3. The lowest BCUT2D eigenvalue weighted by Crippen LogP contribution is -2.28. The second-order valence-corrected chi connectivity index (χ2v) is 6.57. The van der Waals surface area contributed by atoms with E-state index in [1.807, 2.05) is 6.07 Å². The highest BCUT2D eigenvalue weighted by Gasteiger charge is 2.22. The number of hydrogen-bond acceptors (Lipinski definition) is 6. The van der Waals surface area contributed by atoms with Crippen molar-refractivity contribution in [3.63, 3.8) is 0 Å². The van der Waals surface area contributed by atoms with Crippen molar-refractivity contribution in [3.8, 4) is 17.0 Å². The third-order valence-corrected chi connectivity index (χ3v) is 4.75. The largest absolute Gasteiger partial charge is 0.494 e. The maximum Gasteiger partial charge on any atom is 0.227 e. The van der Waals surface area contributed by atoms with Gasteiger partial charge in [0.25, 0.3) is 0 Å². The molecule has 0 amide bonds. The van der Waals surface area contributed by atoms with Crippen molar-refractivity contribution in [2.24, 2.45) is 0 Å². The van der Waals surface area contributed by atoms with Crippen LogP contribution in [0.2, 0.25) is 0 Å². The lowest BCUT2D eigenvalue weighted by Gasteiger charge is -2.21. The Morgan fingerprint density at radius 1 is 1.26 bits per heavy atom. The highest BCUT2D eigenvalue weighted by Crippen LogP contribution is 2.27. The number of H-pyrrole nitrogens is 1. The summed E-state index contributed by atoms with van der Waals surface area (Å²) in [5, 5.41) is 10.3. The van der Waals surface area contributed by atoms with Crippen LogP contribution in [0.25, 0.3) is 11.3 Å². The topological polar surface area (TPSA) is 79.0 Å². The molecule has 1 fully saturated rings. The first-order chi connectivity index (χ1) is 13.1. The summed E-state index contributed by atoms with van der Waals surface area (Å²) in [7, 11) is 1.44. The standard InChI is InChI=1S/C19H21FN6O/c1-12-4-3-9-26(12)19-21-8-7-17(23-19)22-18-11-15(24-25-18)13-5-6-16(27-2)14(20)10-13/h5-8,10-12H,3-4,9H2,1-2H3,(H2,21,22,23,24,25). The van der Waals surface area contributed by atoms with Crippen molar-refractivity contribution >= 4 is 17.6 Å². The summed E-state index contributed by atoms with van der Waals surface area (Å²) >= 11 is 0. The van der Waals surface area contributed by atoms with Crippen LogP contribution in [0, 0.1) is 5.82 Å². The van der Waals surface area contributed by atoms with E-state index >= 15 is 0 Å². The van der Waals surface area contributed by atoms with E-state index in [9.17, 15) is 4.39 Å². The number of halogens is 1. The van der Waals surface area contributed by atoms with E-state index in [4.69, 9.17) is 4.74 Å². The molecule has 27 heavy (non-hydrogen) atoms. The minimum absolute atomic E-state index is 0.210. The number of ether oxygens (including phenoxy) is 1. The molecule has 1 aromatic carbocycles. The third-order valence-electron chi connectivity index (χ3n) is 4.75. The Hall–Kier alpha value is -3.16. The maximum atomic E-state index is 13.9. The minimum atomic E-state index is -0.417. The molecule has 2 aromatic heterocycles. The van der Waals surface area contributed by atoms with Gasteiger partial charge in [0, 0.05) is 30.4 Å². The Bertz CT molecular complexity index is 943. The summed E-state index contributed by atoms with van der Waals surface area (Å²) in [5.74, 6) is 1.77. The molecule has 1 aliphatic heterocycles. The number of aromatic amines is 1. The van der Waals surface area contributed by atoms with Crippen LogP contribution in [-0.4, -0.2) is 39.9 Å². The van der Waals surface area contributed by atoms with Crippen LogP contribution in [0.4, 0.5) is 22.0 Å². The lowest BCUT2D eigenvalue weighted by molar-refractivity contribution is 0.386. The summed E-state index contributed by atoms with van der Waals surface area (Å²) in [6, 6.07) is 8.83. The number of nitrogens with one attached hydrogen (secondary N) is 2. The number of nitrogens with zero attached hydrogens (tertiary/aromatic N) is 4. The molecule has 0 spiro atoms. The predicted octanol–water partition coefficient (Wildman–Crippen LogP) is 3.75. The van der Waals surface area contributed by atoms with Gasteiger partial charge < -0.3 is 15.0 Å². The summed E-state index contributed by atoms with van der Waals surface area (Å²) < 4.78 is 18.9. The van der Waals surface area contributed by atoms with Gasteiger partial charge in [-0.3, -0.25) is 5.10 Å². The van der Waals surface area contributed by atoms with E-state index in [-0.39, 0.29) is 5.75 Å². The molecule has 3 aromatic rings. The molecule has 4 rings (SSSR count). The van der Waals surface area contributed by atoms with E-state index in [0.29, 0.717) is 28.9 Å². The second-order valence-electron chi connectivity index (χ2n) is 6.57. The van der Waals surface area contributed by atoms with Crippen LogP contribution < -0.4 is 15.0 Å². The second kappa shape index (κ2) is 7.22. The molecule has 7 nitrogen and oxygen atoms in total. The highest BCUT2D eigenvalue weighted by atomic mass is 19.1. The zero-order valence-electron chi connectivity index (χ0n) is 15.2. The van der Waals surface area contributed by atoms with Crippen molar-refractivity contribution in [1.29, 1.82) is 0 Å². The van der Waals surface area contributed by atoms with Gasteiger partial charge in [-0.1, -0.05) is 0 Å². The molecule has 3 heterocycles. The summed E-state index contributed by atoms with van der Waals surface area (Å²) in [4.78, 5) is 11.2. The number of aromatic nitrogens is 4. The van der Waals surface area contributed by atoms with Crippen molar-refractivity contribution in [3.05, 3.63) is 42.3 Å². The number of benzene rings is 1. The average molecular weight is 368 g/mol. The van der Waals surface area contributed by atoms with Crippen LogP contribution in [0.5, 0.6) is 5.75 Å². The predicted molar refractivity (Wildman–Crippen MR) is 102 cm³/mol. The van der Waals surface area contributed by atoms with Crippen LogP contribution >= 0.6 is 0 Å². The molecule has 0 saturated carbocycles. The fourth-order valence-electron chi connectivity index (χ4n) is 3.29. The minimum Gasteiger partial charge on any atom is -0.494 e. The first kappa shape index (κ1) is 17.3. The van der Waals surface area contributed by atoms with Crippen LogP contribution in [0.1, 0.15) is 19.8 Å². The van der Waals surface area contributed by atoms with E-state index < -0.39 is 5.82 Å². The van der Waals surface area contributed by atoms with E-state index in [1.165, 1.54) is 13.2 Å². The van der Waals surface area contributed by atoms with Crippen molar-refractivity contribution in [2.75, 3.05) is 23.9 Å². The van der Waals surface area contributed by atoms with Gasteiger partial charge in [-0.2, -0.15) is 10.1 Å². The van der Waals surface area contributed by atoms with Crippen LogP contribution in [0.3, 0.4) is 0 Å². The summed E-state index contributed by atoms with van der Waals surface area (Å²) in [6.45, 7) is 3.16. The fraction of sp³-hybridized carbons (Fsp3) is 0.316. The Balaban J connectivity index is 1.52. The Morgan fingerprint density at radius 2 is 2.15 bits per heavy atom. The average Bonchev–Trinajstić information content (AvgIpc) is 3.31. The highest BCUT2D eigenvalue weighted by molar-refractivity contribution is 5.66. The van der Waals surface area contributed by atoms with E-state index in [1.54, 1.807) is 24.4 Å². The molecule has 0 bridgehead atoms. The van der Waals surface area contributed by atoms with Gasteiger partial charge in [-0.05, 0) is 44.0 Å². The monoisotopic (exact) mass is 368 g/mol. The quantitative estimate of drug-likeness (QED) is 0.714. The van der Waals surface area contributed by atoms with Gasteiger partial charge in [0.2, 0.25) is 5.95 Å². The molecule has 1 aliphatic rings. The van der Waals surface area contributed by atoms with Gasteiger partial charge >= 0.3 is 0 Å². The molecular formula is C19H21FN6O. The van der Waals surface area contributed by atoms with E-state index in [2.05, 4.69) is 37.3 Å². The first-order valence-electron chi connectivity index (χ1n) is 8.90. The van der Waals surface area contributed by atoms with Crippen molar-refractivity contribution in [1.82, 2.24) is 20.2 Å². The van der Waals surface area contributed by atoms with Gasteiger partial charge in [-0.25, -0.2) is 9.37 Å². The van der Waals surface area contributed by atoms with Crippen molar-refractivity contribution in [2.45, 2.75) is 25.8 Å². The maximum absolute atomic E-state index is 13.9. The van der Waals surface area contributed by atoms with Crippen LogP contribution in [-0.2, 0) is 0 Å². The van der Waals surface area contributed by atoms with Gasteiger partial charge in [-0.15, -0.1) is 0 Å². The van der Waals surface area contributed by atoms with Crippen LogP contribution in [0.15, 0.2) is 36.5 Å². The number of methoxy groups -OCH3 is 1. The molecule has 1 unspecified atom stereocenters. The first-order valence-corrected chi connectivity index (χ1v) is 8.90. The molecule has 1 saturated heterocycles. The normalized spacial score (nSPS) is 16.6. The zero-order chi connectivity index (χ0) is 18.8. The molecule has 1 atom stereocenters. The molecule has 140 valence electrons. The van der Waals surface area contributed by atoms with Gasteiger partial charge in [0.05, 0.1) is 12.8 Å². The summed E-state index contributed by atoms with van der Waals surface area (Å²) in [6.07, 6.45) is 4.05. The Labute approximate surface area is 156 Å². The molecule has 2 N–H and O–H groups in total. The zero-order valence-corrected chi connectivity index (χ0v) is 15.2. The lowest BCUT2D eigenvalue weighted by atomic mass is 10.1. The SMILES string of the molecule is COc1ccc(-c2cc(Nc3ccnc(N4CCCC4C)n3)n[nH]2)cc1F. The van der Waals surface area contributed by atoms with Crippen molar-refractivity contribution < 1.29 is 9.13 Å². The molecule has 0 aliphatic carbocycles. The third kappa shape index (κ3) is 3.55.